The van der Waals surface area contributed by atoms with Crippen molar-refractivity contribution in [2.45, 2.75) is 65.4 Å². The number of carbonyl (C=O) groups excluding carboxylic acids is 1. The van der Waals surface area contributed by atoms with E-state index in [0.717, 1.165) is 12.2 Å². The molecule has 0 N–H and O–H groups in total. The molecule has 2 nitrogen and oxygen atoms in total. The molecule has 0 spiro atoms. The molecule has 0 saturated carbocycles. The van der Waals surface area contributed by atoms with Gasteiger partial charge >= 0.3 is 0 Å². The Morgan fingerprint density at radius 1 is 1.17 bits per heavy atom. The van der Waals surface area contributed by atoms with E-state index >= 15 is 0 Å². The lowest BCUT2D eigenvalue weighted by molar-refractivity contribution is -0.118. The first kappa shape index (κ1) is 18.0. The summed E-state index contributed by atoms with van der Waals surface area (Å²) in [4.78, 5) is 12.0. The summed E-state index contributed by atoms with van der Waals surface area (Å²) < 4.78 is 6.21. The normalized spacial score (nSPS) is 21.0. The van der Waals surface area contributed by atoms with Crippen molar-refractivity contribution in [1.82, 2.24) is 0 Å². The molecule has 2 rings (SSSR count). The lowest BCUT2D eigenvalue weighted by Gasteiger charge is -2.39. The first-order valence-electron chi connectivity index (χ1n) is 8.61. The summed E-state index contributed by atoms with van der Waals surface area (Å²) in [5.74, 6) is 1.05. The number of ether oxygens (including phenoxy) is 1. The Balaban J connectivity index is 2.13. The topological polar surface area (TPSA) is 26.3 Å². The summed E-state index contributed by atoms with van der Waals surface area (Å²) in [6.07, 6.45) is 3.09. The lowest BCUT2D eigenvalue weighted by Crippen LogP contribution is -2.41. The summed E-state index contributed by atoms with van der Waals surface area (Å²) >= 11 is 0. The van der Waals surface area contributed by atoms with E-state index in [0.29, 0.717) is 6.42 Å². The minimum atomic E-state index is -1.10. The van der Waals surface area contributed by atoms with Gasteiger partial charge in [-0.2, -0.15) is 0 Å². The van der Waals surface area contributed by atoms with Crippen LogP contribution in [0.1, 0.15) is 39.2 Å². The first-order chi connectivity index (χ1) is 10.6. The lowest BCUT2D eigenvalue weighted by atomic mass is 9.72. The van der Waals surface area contributed by atoms with Crippen LogP contribution in [-0.4, -0.2) is 20.0 Å². The van der Waals surface area contributed by atoms with E-state index in [1.807, 2.05) is 6.08 Å². The number of ketones is 1. The van der Waals surface area contributed by atoms with E-state index in [4.69, 9.17) is 4.74 Å². The summed E-state index contributed by atoms with van der Waals surface area (Å²) in [7, 11) is -1.10. The first-order valence-corrected chi connectivity index (χ1v) is 12.3. The Morgan fingerprint density at radius 3 is 2.30 bits per heavy atom. The van der Waals surface area contributed by atoms with E-state index in [9.17, 15) is 4.79 Å². The van der Waals surface area contributed by atoms with Crippen LogP contribution in [-0.2, 0) is 10.8 Å². The molecule has 1 unspecified atom stereocenters. The van der Waals surface area contributed by atoms with Gasteiger partial charge in [0.25, 0.3) is 0 Å². The number of hydrogen-bond donors (Lipinski definition) is 0. The zero-order valence-electron chi connectivity index (χ0n) is 15.4. The van der Waals surface area contributed by atoms with Crippen LogP contribution in [0.4, 0.5) is 0 Å². The molecule has 3 heteroatoms. The quantitative estimate of drug-likeness (QED) is 0.695. The molecule has 1 aliphatic rings. The fourth-order valence-corrected chi connectivity index (χ4v) is 4.75. The number of carbonyl (C=O) groups is 1. The fraction of sp³-hybridized carbons (Fsp3) is 0.550. The molecule has 1 aliphatic carbocycles. The Hall–Kier alpha value is -1.35. The zero-order valence-corrected chi connectivity index (χ0v) is 16.4. The zero-order chi connectivity index (χ0) is 17.3. The summed E-state index contributed by atoms with van der Waals surface area (Å²) in [6, 6.07) is 9.63. The molecule has 0 saturated heterocycles. The van der Waals surface area contributed by atoms with Crippen LogP contribution < -0.4 is 4.74 Å². The van der Waals surface area contributed by atoms with Gasteiger partial charge in [-0.25, -0.2) is 0 Å². The van der Waals surface area contributed by atoms with Crippen LogP contribution in [0.2, 0.25) is 19.6 Å². The van der Waals surface area contributed by atoms with Crippen molar-refractivity contribution in [3.8, 4) is 5.75 Å². The van der Waals surface area contributed by atoms with Gasteiger partial charge in [0, 0.05) is 19.9 Å². The fourth-order valence-electron chi connectivity index (χ4n) is 3.29. The Kier molecular flexibility index (Phi) is 5.19. The van der Waals surface area contributed by atoms with Crippen molar-refractivity contribution in [3.05, 3.63) is 41.5 Å². The van der Waals surface area contributed by atoms with E-state index in [1.54, 1.807) is 0 Å². The molecule has 0 heterocycles. The molecule has 0 radical (unpaired) electrons. The minimum absolute atomic E-state index is 0.0854. The monoisotopic (exact) mass is 330 g/mol. The molecule has 0 fully saturated rings. The molecule has 0 aliphatic heterocycles. The van der Waals surface area contributed by atoms with Crippen LogP contribution in [0.25, 0.3) is 0 Å². The molecule has 1 aromatic rings. The van der Waals surface area contributed by atoms with Crippen molar-refractivity contribution in [2.24, 2.45) is 5.41 Å². The smallest absolute Gasteiger partial charge is 0.159 e. The Bertz CT molecular complexity index is 591. The Morgan fingerprint density at radius 2 is 1.78 bits per heavy atom. The molecule has 126 valence electrons. The van der Waals surface area contributed by atoms with E-state index in [1.165, 1.54) is 17.2 Å². The third kappa shape index (κ3) is 4.57. The van der Waals surface area contributed by atoms with Crippen molar-refractivity contribution in [1.29, 1.82) is 0 Å². The van der Waals surface area contributed by atoms with Gasteiger partial charge in [0.15, 0.2) is 5.78 Å². The second-order valence-electron chi connectivity index (χ2n) is 8.40. The highest BCUT2D eigenvalue weighted by atomic mass is 28.3. The van der Waals surface area contributed by atoms with Gasteiger partial charge in [0.05, 0.1) is 0 Å². The number of allylic oxidation sites excluding steroid dienone is 1. The number of benzene rings is 1. The van der Waals surface area contributed by atoms with Gasteiger partial charge in [0.2, 0.25) is 0 Å². The maximum atomic E-state index is 12.0. The standard InChI is InChI=1S/C20H30O2Si/c1-7-16-12-17(21)13-19(20(16,2)3)22-18-10-8-15(9-11-18)14-23(4,5)6/h8-12,19H,7,13-14H2,1-6H3. The second-order valence-corrected chi connectivity index (χ2v) is 13.9. The van der Waals surface area contributed by atoms with Crippen LogP contribution in [0, 0.1) is 5.41 Å². The van der Waals surface area contributed by atoms with Crippen LogP contribution in [0.5, 0.6) is 5.75 Å². The molecule has 1 aromatic carbocycles. The third-order valence-electron chi connectivity index (χ3n) is 4.67. The molecule has 0 amide bonds. The average molecular weight is 331 g/mol. The van der Waals surface area contributed by atoms with E-state index in [-0.39, 0.29) is 17.3 Å². The van der Waals surface area contributed by atoms with Gasteiger partial charge in [-0.15, -0.1) is 0 Å². The van der Waals surface area contributed by atoms with Crippen LogP contribution in [0.15, 0.2) is 35.9 Å². The average Bonchev–Trinajstić information content (AvgIpc) is 2.43. The molecular formula is C20H30O2Si. The van der Waals surface area contributed by atoms with Gasteiger partial charge in [0.1, 0.15) is 11.9 Å². The highest BCUT2D eigenvalue weighted by molar-refractivity contribution is 6.75. The number of hydrogen-bond acceptors (Lipinski definition) is 2. The van der Waals surface area contributed by atoms with Crippen molar-refractivity contribution >= 4 is 13.9 Å². The summed E-state index contributed by atoms with van der Waals surface area (Å²) in [6.45, 7) is 13.6. The van der Waals surface area contributed by atoms with Crippen molar-refractivity contribution in [2.75, 3.05) is 0 Å². The van der Waals surface area contributed by atoms with Crippen LogP contribution >= 0.6 is 0 Å². The minimum Gasteiger partial charge on any atom is -0.489 e. The molecule has 23 heavy (non-hydrogen) atoms. The molecule has 0 bridgehead atoms. The van der Waals surface area contributed by atoms with Crippen LogP contribution in [0.3, 0.4) is 0 Å². The highest BCUT2D eigenvalue weighted by Crippen LogP contribution is 2.39. The van der Waals surface area contributed by atoms with Gasteiger partial charge in [-0.1, -0.05) is 63.7 Å². The van der Waals surface area contributed by atoms with Crippen molar-refractivity contribution < 1.29 is 9.53 Å². The van der Waals surface area contributed by atoms with E-state index in [2.05, 4.69) is 64.7 Å². The Labute approximate surface area is 142 Å². The predicted octanol–water partition coefficient (Wildman–Crippen LogP) is 5.19. The largest absolute Gasteiger partial charge is 0.489 e. The third-order valence-corrected chi connectivity index (χ3v) is 6.14. The summed E-state index contributed by atoms with van der Waals surface area (Å²) in [5, 5.41) is 0. The van der Waals surface area contributed by atoms with Gasteiger partial charge in [-0.05, 0) is 30.7 Å². The predicted molar refractivity (Wildman–Crippen MR) is 99.7 cm³/mol. The molecule has 0 aromatic heterocycles. The van der Waals surface area contributed by atoms with Gasteiger partial charge in [-0.3, -0.25) is 4.79 Å². The summed E-state index contributed by atoms with van der Waals surface area (Å²) in [5.41, 5.74) is 2.47. The maximum Gasteiger partial charge on any atom is 0.159 e. The van der Waals surface area contributed by atoms with Gasteiger partial charge < -0.3 is 4.74 Å². The molecular weight excluding hydrogens is 300 g/mol. The SMILES string of the molecule is CCC1=CC(=O)CC(Oc2ccc(C[Si](C)(C)C)cc2)C1(C)C. The highest BCUT2D eigenvalue weighted by Gasteiger charge is 2.39. The maximum absolute atomic E-state index is 12.0. The second kappa shape index (κ2) is 6.64. The van der Waals surface area contributed by atoms with E-state index < -0.39 is 8.07 Å². The van der Waals surface area contributed by atoms with Crippen molar-refractivity contribution in [3.63, 3.8) is 0 Å². The molecule has 1 atom stereocenters. The number of rotatable bonds is 5.